The van der Waals surface area contributed by atoms with E-state index in [1.54, 1.807) is 31.2 Å². The molecule has 0 fully saturated rings. The molecule has 0 saturated heterocycles. The van der Waals surface area contributed by atoms with Crippen LogP contribution >= 0.6 is 7.60 Å². The topological polar surface area (TPSA) is 133 Å². The van der Waals surface area contributed by atoms with E-state index in [1.165, 1.54) is 38.5 Å². The second kappa shape index (κ2) is 10.3. The molecule has 0 bridgehead atoms. The molecule has 2 rings (SSSR count). The van der Waals surface area contributed by atoms with E-state index in [0.29, 0.717) is 11.5 Å². The zero-order valence-corrected chi connectivity index (χ0v) is 17.6. The number of methoxy groups -OCH3 is 2. The Kier molecular flexibility index (Phi) is 8.08. The summed E-state index contributed by atoms with van der Waals surface area (Å²) in [7, 11) is -2.22. The highest BCUT2D eigenvalue weighted by atomic mass is 31.2. The maximum Gasteiger partial charge on any atom is 0.428 e. The Morgan fingerprint density at radius 3 is 1.63 bits per heavy atom. The lowest BCUT2D eigenvalue weighted by atomic mass is 10.3. The molecular formula is C19H24NO9P. The average Bonchev–Trinajstić information content (AvgIpc) is 2.72. The van der Waals surface area contributed by atoms with Gasteiger partial charge in [-0.2, -0.15) is 0 Å². The molecular weight excluding hydrogens is 417 g/mol. The molecule has 10 nitrogen and oxygen atoms in total. The lowest BCUT2D eigenvalue weighted by Gasteiger charge is -2.34. The normalized spacial score (nSPS) is 11.5. The van der Waals surface area contributed by atoms with Gasteiger partial charge in [0.15, 0.2) is 0 Å². The van der Waals surface area contributed by atoms with Gasteiger partial charge in [-0.1, -0.05) is 0 Å². The van der Waals surface area contributed by atoms with Gasteiger partial charge in [0.25, 0.3) is 0 Å². The largest absolute Gasteiger partial charge is 0.497 e. The second-order valence-corrected chi connectivity index (χ2v) is 7.52. The predicted molar refractivity (Wildman–Crippen MR) is 107 cm³/mol. The van der Waals surface area contributed by atoms with E-state index in [2.05, 4.69) is 5.32 Å². The number of carbonyl (C=O) groups is 1. The minimum Gasteiger partial charge on any atom is -0.497 e. The van der Waals surface area contributed by atoms with E-state index in [9.17, 15) is 19.1 Å². The average molecular weight is 441 g/mol. The van der Waals surface area contributed by atoms with Crippen LogP contribution in [0.25, 0.3) is 0 Å². The third-order valence-electron chi connectivity index (χ3n) is 3.78. The molecule has 0 aliphatic rings. The van der Waals surface area contributed by atoms with E-state index in [-0.39, 0.29) is 18.1 Å². The van der Waals surface area contributed by atoms with E-state index >= 15 is 0 Å². The first-order valence-corrected chi connectivity index (χ1v) is 10.5. The van der Waals surface area contributed by atoms with Crippen molar-refractivity contribution in [3.8, 4) is 23.0 Å². The second-order valence-electron chi connectivity index (χ2n) is 5.84. The summed E-state index contributed by atoms with van der Waals surface area (Å²) in [6.07, 6.45) is 0. The van der Waals surface area contributed by atoms with Crippen molar-refractivity contribution in [1.29, 1.82) is 0 Å². The summed E-state index contributed by atoms with van der Waals surface area (Å²) in [5, 5.41) is 2.37. The Morgan fingerprint density at radius 2 is 1.30 bits per heavy atom. The van der Waals surface area contributed by atoms with Crippen molar-refractivity contribution in [1.82, 2.24) is 5.32 Å². The minimum absolute atomic E-state index is 0.0593. The van der Waals surface area contributed by atoms with Gasteiger partial charge in [0.2, 0.25) is 0 Å². The third-order valence-corrected chi connectivity index (χ3v) is 4.88. The quantitative estimate of drug-likeness (QED) is 0.270. The van der Waals surface area contributed by atoms with Crippen LogP contribution in [-0.4, -0.2) is 48.8 Å². The first-order valence-electron chi connectivity index (χ1n) is 8.85. The molecule has 11 heteroatoms. The third kappa shape index (κ3) is 6.11. The number of benzene rings is 2. The fourth-order valence-corrected chi connectivity index (χ4v) is 3.05. The molecule has 3 N–H and O–H groups in total. The Bertz CT molecular complexity index is 815. The van der Waals surface area contributed by atoms with Crippen molar-refractivity contribution in [2.45, 2.75) is 12.6 Å². The molecule has 2 aromatic rings. The molecule has 0 heterocycles. The van der Waals surface area contributed by atoms with Crippen LogP contribution in [0.2, 0.25) is 0 Å². The van der Waals surface area contributed by atoms with Gasteiger partial charge in [-0.3, -0.25) is 4.79 Å². The summed E-state index contributed by atoms with van der Waals surface area (Å²) < 4.78 is 38.5. The van der Waals surface area contributed by atoms with Crippen LogP contribution in [0.4, 0.5) is 0 Å². The molecule has 0 aliphatic heterocycles. The van der Waals surface area contributed by atoms with Gasteiger partial charge >= 0.3 is 19.2 Å². The molecule has 2 aromatic carbocycles. The Balaban J connectivity index is 2.40. The highest BCUT2D eigenvalue weighted by Crippen LogP contribution is 2.50. The summed E-state index contributed by atoms with van der Waals surface area (Å²) in [5.41, 5.74) is -2.71. The molecule has 0 saturated carbocycles. The number of rotatable bonds is 11. The number of esters is 1. The minimum atomic E-state index is -5.18. The molecule has 0 aromatic heterocycles. The van der Waals surface area contributed by atoms with E-state index in [1.807, 2.05) is 0 Å². The molecule has 0 spiro atoms. The molecule has 0 radical (unpaired) electrons. The molecule has 0 aliphatic carbocycles. The Hall–Kier alpha value is -2.78. The SMILES string of the molecule is CCOC(=O)CNC(Oc1ccc(OC)cc1)(Oc1ccc(OC)cc1)P(=O)(O)O. The molecule has 164 valence electrons. The van der Waals surface area contributed by atoms with Crippen LogP contribution in [0, 0.1) is 0 Å². The molecule has 30 heavy (non-hydrogen) atoms. The lowest BCUT2D eigenvalue weighted by Crippen LogP contribution is -2.56. The van der Waals surface area contributed by atoms with Gasteiger partial charge in [0, 0.05) is 0 Å². The van der Waals surface area contributed by atoms with Gasteiger partial charge in [0.05, 0.1) is 20.8 Å². The van der Waals surface area contributed by atoms with Crippen molar-refractivity contribution in [2.75, 3.05) is 27.4 Å². The molecule has 0 amide bonds. The van der Waals surface area contributed by atoms with Crippen LogP contribution in [0.3, 0.4) is 0 Å². The summed E-state index contributed by atoms with van der Waals surface area (Å²) in [6.45, 7) is 1.13. The van der Waals surface area contributed by atoms with Crippen LogP contribution in [0.1, 0.15) is 6.92 Å². The van der Waals surface area contributed by atoms with Crippen LogP contribution in [0.15, 0.2) is 48.5 Å². The van der Waals surface area contributed by atoms with Crippen LogP contribution in [0.5, 0.6) is 23.0 Å². The first kappa shape index (κ1) is 23.5. The molecule has 0 atom stereocenters. The highest BCUT2D eigenvalue weighted by molar-refractivity contribution is 7.53. The Labute approximate surface area is 173 Å². The number of nitrogens with one attached hydrogen (secondary N) is 1. The maximum absolute atomic E-state index is 12.5. The fourth-order valence-electron chi connectivity index (χ4n) is 2.32. The number of carbonyl (C=O) groups excluding carboxylic acids is 1. The predicted octanol–water partition coefficient (Wildman–Crippen LogP) is 2.10. The monoisotopic (exact) mass is 441 g/mol. The van der Waals surface area contributed by atoms with Gasteiger partial charge in [0.1, 0.15) is 29.5 Å². The van der Waals surface area contributed by atoms with Crippen LogP contribution < -0.4 is 24.3 Å². The van der Waals surface area contributed by atoms with E-state index < -0.39 is 25.8 Å². The van der Waals surface area contributed by atoms with Crippen molar-refractivity contribution in [3.05, 3.63) is 48.5 Å². The van der Waals surface area contributed by atoms with Gasteiger partial charge < -0.3 is 33.5 Å². The van der Waals surface area contributed by atoms with Gasteiger partial charge in [-0.15, -0.1) is 0 Å². The first-order chi connectivity index (χ1) is 14.2. The molecule has 0 unspecified atom stereocenters. The van der Waals surface area contributed by atoms with Gasteiger partial charge in [-0.05, 0) is 55.5 Å². The number of ether oxygens (including phenoxy) is 5. The number of hydrogen-bond acceptors (Lipinski definition) is 8. The lowest BCUT2D eigenvalue weighted by molar-refractivity contribution is -0.146. The van der Waals surface area contributed by atoms with E-state index in [4.69, 9.17) is 23.7 Å². The smallest absolute Gasteiger partial charge is 0.428 e. The Morgan fingerprint density at radius 1 is 0.900 bits per heavy atom. The summed E-state index contributed by atoms with van der Waals surface area (Å²) in [4.78, 5) is 32.0. The summed E-state index contributed by atoms with van der Waals surface area (Å²) in [5.74, 6) is 0.402. The summed E-state index contributed by atoms with van der Waals surface area (Å²) >= 11 is 0. The van der Waals surface area contributed by atoms with Crippen LogP contribution in [-0.2, 0) is 14.1 Å². The zero-order chi connectivity index (χ0) is 22.2. The van der Waals surface area contributed by atoms with Gasteiger partial charge in [-0.25, -0.2) is 9.88 Å². The van der Waals surface area contributed by atoms with Crippen molar-refractivity contribution >= 4 is 13.6 Å². The van der Waals surface area contributed by atoms with Crippen molar-refractivity contribution in [2.24, 2.45) is 0 Å². The maximum atomic E-state index is 12.5. The summed E-state index contributed by atoms with van der Waals surface area (Å²) in [6, 6.07) is 11.9. The highest BCUT2D eigenvalue weighted by Gasteiger charge is 2.54. The fraction of sp³-hybridized carbons (Fsp3) is 0.316. The zero-order valence-electron chi connectivity index (χ0n) is 16.7. The van der Waals surface area contributed by atoms with Crippen molar-refractivity contribution < 1.29 is 42.8 Å². The number of hydrogen-bond donors (Lipinski definition) is 3. The van der Waals surface area contributed by atoms with E-state index in [0.717, 1.165) is 0 Å². The standard InChI is InChI=1S/C19H24NO9P/c1-4-27-18(21)13-20-19(30(22,23)24,28-16-9-5-14(25-2)6-10-16)29-17-11-7-15(26-3)8-12-17/h5-12,20H,4,13H2,1-3H3,(H2,22,23,24). The van der Waals surface area contributed by atoms with Crippen molar-refractivity contribution in [3.63, 3.8) is 0 Å².